The molecule has 5 nitrogen and oxygen atoms in total. The van der Waals surface area contributed by atoms with Crippen LogP contribution in [0.4, 0.5) is 0 Å². The Hall–Kier alpha value is -3.36. The van der Waals surface area contributed by atoms with E-state index in [-0.39, 0.29) is 0 Å². The first-order chi connectivity index (χ1) is 14.1. The maximum Gasteiger partial charge on any atom is 0.192 e. The van der Waals surface area contributed by atoms with E-state index in [1.54, 1.807) is 31.6 Å². The second kappa shape index (κ2) is 7.23. The number of ether oxygens (including phenoxy) is 2. The molecule has 0 amide bonds. The summed E-state index contributed by atoms with van der Waals surface area (Å²) in [7, 11) is 1.56. The van der Waals surface area contributed by atoms with Gasteiger partial charge in [0, 0.05) is 11.1 Å². The summed E-state index contributed by atoms with van der Waals surface area (Å²) in [6.45, 7) is 2.03. The minimum atomic E-state index is -1.39. The summed E-state index contributed by atoms with van der Waals surface area (Å²) < 4.78 is 12.1. The molecule has 0 spiro atoms. The molecule has 0 saturated heterocycles. The molecule has 0 radical (unpaired) electrons. The molecule has 1 N–H and O–H groups in total. The number of hydrogen-bond acceptors (Lipinski definition) is 5. The summed E-state index contributed by atoms with van der Waals surface area (Å²) >= 11 is 0. The smallest absolute Gasteiger partial charge is 0.192 e. The SMILES string of the molecule is CCCC1(O)c2c(OC)cncc2OC1(c1ccccc1)c1ccc(C#N)cc1. The normalized spacial score (nSPS) is 22.4. The van der Waals surface area contributed by atoms with E-state index in [9.17, 15) is 10.4 Å². The molecule has 2 heterocycles. The Morgan fingerprint density at radius 2 is 1.76 bits per heavy atom. The van der Waals surface area contributed by atoms with Gasteiger partial charge in [0.05, 0.1) is 36.7 Å². The first-order valence-electron chi connectivity index (χ1n) is 9.60. The fourth-order valence-corrected chi connectivity index (χ4v) is 4.37. The molecule has 0 bridgehead atoms. The van der Waals surface area contributed by atoms with Crippen LogP contribution >= 0.6 is 0 Å². The molecule has 4 rings (SSSR count). The van der Waals surface area contributed by atoms with Crippen molar-refractivity contribution < 1.29 is 14.6 Å². The summed E-state index contributed by atoms with van der Waals surface area (Å²) in [5.74, 6) is 0.985. The van der Waals surface area contributed by atoms with E-state index < -0.39 is 11.2 Å². The minimum Gasteiger partial charge on any atom is -0.495 e. The Bertz CT molecular complexity index is 1060. The van der Waals surface area contributed by atoms with Crippen LogP contribution in [0.1, 0.15) is 42.0 Å². The molecule has 0 fully saturated rings. The highest BCUT2D eigenvalue weighted by molar-refractivity contribution is 5.58. The predicted octanol–water partition coefficient (Wildman–Crippen LogP) is 4.29. The van der Waals surface area contributed by atoms with Gasteiger partial charge in [0.1, 0.15) is 17.1 Å². The Kier molecular flexibility index (Phi) is 4.73. The van der Waals surface area contributed by atoms with Gasteiger partial charge in [-0.05, 0) is 18.6 Å². The van der Waals surface area contributed by atoms with Crippen molar-refractivity contribution in [2.45, 2.75) is 31.0 Å². The zero-order chi connectivity index (χ0) is 20.5. The fourth-order valence-electron chi connectivity index (χ4n) is 4.37. The maximum atomic E-state index is 12.3. The number of benzene rings is 2. The zero-order valence-corrected chi connectivity index (χ0v) is 16.4. The maximum absolute atomic E-state index is 12.3. The van der Waals surface area contributed by atoms with Gasteiger partial charge < -0.3 is 14.6 Å². The summed E-state index contributed by atoms with van der Waals surface area (Å²) in [6.07, 6.45) is 4.40. The number of hydrogen-bond donors (Lipinski definition) is 1. The van der Waals surface area contributed by atoms with Crippen LogP contribution < -0.4 is 9.47 Å². The number of nitriles is 1. The van der Waals surface area contributed by atoms with Gasteiger partial charge >= 0.3 is 0 Å². The monoisotopic (exact) mass is 386 g/mol. The molecule has 1 aromatic heterocycles. The van der Waals surface area contributed by atoms with E-state index in [4.69, 9.17) is 9.47 Å². The molecular formula is C24H22N2O3. The van der Waals surface area contributed by atoms with Crippen LogP contribution in [-0.2, 0) is 11.2 Å². The van der Waals surface area contributed by atoms with E-state index in [1.165, 1.54) is 0 Å². The van der Waals surface area contributed by atoms with Crippen LogP contribution in [0.15, 0.2) is 67.0 Å². The number of fused-ring (bicyclic) bond motifs is 1. The van der Waals surface area contributed by atoms with Gasteiger partial charge in [-0.3, -0.25) is 4.98 Å². The van der Waals surface area contributed by atoms with Gasteiger partial charge in [-0.1, -0.05) is 55.8 Å². The summed E-state index contributed by atoms with van der Waals surface area (Å²) in [5, 5.41) is 21.5. The van der Waals surface area contributed by atoms with E-state index in [2.05, 4.69) is 11.1 Å². The van der Waals surface area contributed by atoms with Crippen LogP contribution in [0.5, 0.6) is 11.5 Å². The molecule has 0 aliphatic carbocycles. The van der Waals surface area contributed by atoms with E-state index in [1.807, 2.05) is 49.4 Å². The van der Waals surface area contributed by atoms with Crippen molar-refractivity contribution in [3.8, 4) is 17.6 Å². The molecule has 1 aliphatic rings. The van der Waals surface area contributed by atoms with Crippen molar-refractivity contribution in [1.82, 2.24) is 4.98 Å². The molecule has 5 heteroatoms. The van der Waals surface area contributed by atoms with E-state index in [0.717, 1.165) is 17.5 Å². The van der Waals surface area contributed by atoms with Crippen molar-refractivity contribution in [2.24, 2.45) is 0 Å². The van der Waals surface area contributed by atoms with Crippen molar-refractivity contribution in [3.05, 3.63) is 89.2 Å². The second-order valence-corrected chi connectivity index (χ2v) is 7.16. The molecule has 0 saturated carbocycles. The lowest BCUT2D eigenvalue weighted by Crippen LogP contribution is -2.50. The number of aliphatic hydroxyl groups is 1. The third kappa shape index (κ3) is 2.68. The first-order valence-corrected chi connectivity index (χ1v) is 9.60. The number of nitrogens with zero attached hydrogens (tertiary/aromatic N) is 2. The number of aromatic nitrogens is 1. The average molecular weight is 386 g/mol. The Morgan fingerprint density at radius 3 is 2.38 bits per heavy atom. The second-order valence-electron chi connectivity index (χ2n) is 7.16. The Balaban J connectivity index is 2.06. The molecule has 2 atom stereocenters. The number of rotatable bonds is 5. The van der Waals surface area contributed by atoms with Gasteiger partial charge in [0.15, 0.2) is 5.60 Å². The highest BCUT2D eigenvalue weighted by atomic mass is 16.5. The lowest BCUT2D eigenvalue weighted by atomic mass is 9.69. The highest BCUT2D eigenvalue weighted by Gasteiger charge is 2.62. The number of pyridine rings is 1. The zero-order valence-electron chi connectivity index (χ0n) is 16.4. The predicted molar refractivity (Wildman–Crippen MR) is 109 cm³/mol. The lowest BCUT2D eigenvalue weighted by Gasteiger charge is -2.42. The Labute approximate surface area is 170 Å². The molecule has 3 aromatic rings. The average Bonchev–Trinajstić information content (AvgIpc) is 3.04. The number of methoxy groups -OCH3 is 1. The first kappa shape index (κ1) is 19.0. The third-order valence-electron chi connectivity index (χ3n) is 5.57. The quantitative estimate of drug-likeness (QED) is 0.708. The van der Waals surface area contributed by atoms with Crippen molar-refractivity contribution in [3.63, 3.8) is 0 Å². The van der Waals surface area contributed by atoms with Crippen molar-refractivity contribution >= 4 is 0 Å². The lowest BCUT2D eigenvalue weighted by molar-refractivity contribution is -0.103. The van der Waals surface area contributed by atoms with Crippen LogP contribution in [0.3, 0.4) is 0 Å². The van der Waals surface area contributed by atoms with Gasteiger partial charge in [-0.2, -0.15) is 5.26 Å². The van der Waals surface area contributed by atoms with Crippen LogP contribution in [-0.4, -0.2) is 17.2 Å². The molecule has 2 unspecified atom stereocenters. The fraction of sp³-hybridized carbons (Fsp3) is 0.250. The van der Waals surface area contributed by atoms with Crippen molar-refractivity contribution in [1.29, 1.82) is 5.26 Å². The summed E-state index contributed by atoms with van der Waals surface area (Å²) in [6, 6.07) is 19.0. The molecular weight excluding hydrogens is 364 g/mol. The molecule has 1 aliphatic heterocycles. The summed E-state index contributed by atoms with van der Waals surface area (Å²) in [5.41, 5.74) is 0.143. The summed E-state index contributed by atoms with van der Waals surface area (Å²) in [4.78, 5) is 4.23. The van der Waals surface area contributed by atoms with Gasteiger partial charge in [-0.25, -0.2) is 0 Å². The van der Waals surface area contributed by atoms with Crippen molar-refractivity contribution in [2.75, 3.05) is 7.11 Å². The minimum absolute atomic E-state index is 0.454. The molecule has 2 aromatic carbocycles. The van der Waals surface area contributed by atoms with Gasteiger partial charge in [0.25, 0.3) is 0 Å². The van der Waals surface area contributed by atoms with Gasteiger partial charge in [-0.15, -0.1) is 0 Å². The standard InChI is InChI=1S/C24H22N2O3/c1-3-13-23(27)22-20(28-2)15-26-16-21(22)29-24(23,18-7-5-4-6-8-18)19-11-9-17(14-25)10-12-19/h4-12,15-16,27H,3,13H2,1-2H3. The van der Waals surface area contributed by atoms with Crippen LogP contribution in [0.25, 0.3) is 0 Å². The Morgan fingerprint density at radius 1 is 1.07 bits per heavy atom. The molecule has 29 heavy (non-hydrogen) atoms. The van der Waals surface area contributed by atoms with Crippen LogP contribution in [0.2, 0.25) is 0 Å². The topological polar surface area (TPSA) is 75.4 Å². The van der Waals surface area contributed by atoms with E-state index in [0.29, 0.717) is 29.0 Å². The van der Waals surface area contributed by atoms with Crippen LogP contribution in [0, 0.1) is 11.3 Å². The third-order valence-corrected chi connectivity index (χ3v) is 5.57. The van der Waals surface area contributed by atoms with E-state index >= 15 is 0 Å². The highest BCUT2D eigenvalue weighted by Crippen LogP contribution is 2.60. The largest absolute Gasteiger partial charge is 0.495 e. The molecule has 146 valence electrons. The van der Waals surface area contributed by atoms with Gasteiger partial charge in [0.2, 0.25) is 0 Å².